The summed E-state index contributed by atoms with van der Waals surface area (Å²) in [5, 5.41) is 0. The molecular formula is C13H21ClN2O2S. The summed E-state index contributed by atoms with van der Waals surface area (Å²) in [6.45, 7) is 3.08. The summed E-state index contributed by atoms with van der Waals surface area (Å²) in [4.78, 5) is 0. The van der Waals surface area contributed by atoms with Crippen molar-refractivity contribution in [3.8, 4) is 0 Å². The first-order chi connectivity index (χ1) is 8.53. The number of hydrogen-bond acceptors (Lipinski definition) is 3. The number of sulfonamides is 1. The van der Waals surface area contributed by atoms with Gasteiger partial charge in [-0.15, -0.1) is 12.4 Å². The molecule has 1 aromatic carbocycles. The minimum absolute atomic E-state index is 0. The van der Waals surface area contributed by atoms with Crippen LogP contribution < -0.4 is 5.73 Å². The molecule has 1 saturated heterocycles. The first-order valence-electron chi connectivity index (χ1n) is 6.26. The van der Waals surface area contributed by atoms with E-state index in [0.717, 1.165) is 12.0 Å². The molecule has 1 heterocycles. The van der Waals surface area contributed by atoms with Crippen molar-refractivity contribution in [3.63, 3.8) is 0 Å². The number of benzene rings is 1. The molecule has 2 rings (SSSR count). The van der Waals surface area contributed by atoms with Gasteiger partial charge >= 0.3 is 0 Å². The Labute approximate surface area is 121 Å². The molecule has 2 atom stereocenters. The lowest BCUT2D eigenvalue weighted by molar-refractivity contribution is 0.404. The van der Waals surface area contributed by atoms with Crippen LogP contribution in [0.2, 0.25) is 0 Å². The predicted molar refractivity (Wildman–Crippen MR) is 79.6 cm³/mol. The lowest BCUT2D eigenvalue weighted by Gasteiger charge is -2.21. The van der Waals surface area contributed by atoms with Gasteiger partial charge in [0.2, 0.25) is 10.0 Å². The van der Waals surface area contributed by atoms with Crippen molar-refractivity contribution in [2.45, 2.75) is 25.1 Å². The van der Waals surface area contributed by atoms with Crippen LogP contribution >= 0.6 is 12.4 Å². The molecule has 4 nitrogen and oxygen atoms in total. The summed E-state index contributed by atoms with van der Waals surface area (Å²) >= 11 is 0. The summed E-state index contributed by atoms with van der Waals surface area (Å²) in [7, 11) is -3.23. The van der Waals surface area contributed by atoms with Gasteiger partial charge in [-0.25, -0.2) is 8.42 Å². The van der Waals surface area contributed by atoms with E-state index in [-0.39, 0.29) is 24.2 Å². The Kier molecular flexibility index (Phi) is 5.80. The quantitative estimate of drug-likeness (QED) is 0.919. The molecular weight excluding hydrogens is 284 g/mol. The molecule has 0 aliphatic carbocycles. The topological polar surface area (TPSA) is 63.4 Å². The second kappa shape index (κ2) is 6.70. The van der Waals surface area contributed by atoms with Crippen LogP contribution in [0.5, 0.6) is 0 Å². The van der Waals surface area contributed by atoms with Gasteiger partial charge in [0, 0.05) is 12.6 Å². The average Bonchev–Trinajstić information content (AvgIpc) is 2.72. The molecule has 1 aliphatic heterocycles. The highest BCUT2D eigenvalue weighted by Crippen LogP contribution is 2.26. The summed E-state index contributed by atoms with van der Waals surface area (Å²) in [5.41, 5.74) is 6.47. The highest BCUT2D eigenvalue weighted by Gasteiger charge is 2.36. The number of nitrogens with zero attached hydrogens (tertiary/aromatic N) is 1. The van der Waals surface area contributed by atoms with Crippen LogP contribution in [0.25, 0.3) is 0 Å². The van der Waals surface area contributed by atoms with Crippen LogP contribution in [0.1, 0.15) is 18.9 Å². The Morgan fingerprint density at radius 2 is 1.95 bits per heavy atom. The van der Waals surface area contributed by atoms with Crippen molar-refractivity contribution in [1.29, 1.82) is 0 Å². The van der Waals surface area contributed by atoms with E-state index < -0.39 is 10.0 Å². The van der Waals surface area contributed by atoms with Gasteiger partial charge in [0.1, 0.15) is 0 Å². The van der Waals surface area contributed by atoms with E-state index in [4.69, 9.17) is 5.73 Å². The molecule has 0 radical (unpaired) electrons. The van der Waals surface area contributed by atoms with E-state index in [2.05, 4.69) is 0 Å². The van der Waals surface area contributed by atoms with Crippen LogP contribution in [-0.4, -0.2) is 31.9 Å². The van der Waals surface area contributed by atoms with Crippen LogP contribution in [-0.2, 0) is 15.8 Å². The summed E-state index contributed by atoms with van der Waals surface area (Å²) in [6.07, 6.45) is 0.866. The molecule has 2 N–H and O–H groups in total. The van der Waals surface area contributed by atoms with E-state index in [1.54, 1.807) is 4.31 Å². The summed E-state index contributed by atoms with van der Waals surface area (Å²) < 4.78 is 26.3. The van der Waals surface area contributed by atoms with Crippen molar-refractivity contribution < 1.29 is 8.42 Å². The molecule has 1 fully saturated rings. The third-order valence-corrected chi connectivity index (χ3v) is 5.41. The zero-order valence-electron chi connectivity index (χ0n) is 11.0. The normalized spacial score (nSPS) is 24.1. The molecule has 0 amide bonds. The minimum atomic E-state index is -3.23. The maximum Gasteiger partial charge on any atom is 0.218 e. The molecule has 0 bridgehead atoms. The fraction of sp³-hybridized carbons (Fsp3) is 0.538. The maximum absolute atomic E-state index is 12.4. The monoisotopic (exact) mass is 304 g/mol. The highest BCUT2D eigenvalue weighted by atomic mass is 35.5. The van der Waals surface area contributed by atoms with E-state index in [9.17, 15) is 8.42 Å². The van der Waals surface area contributed by atoms with Crippen LogP contribution in [0, 0.1) is 5.92 Å². The van der Waals surface area contributed by atoms with Crippen molar-refractivity contribution in [3.05, 3.63) is 35.9 Å². The van der Waals surface area contributed by atoms with Gasteiger partial charge in [-0.05, 0) is 31.4 Å². The van der Waals surface area contributed by atoms with Crippen LogP contribution in [0.15, 0.2) is 30.3 Å². The number of halogens is 1. The summed E-state index contributed by atoms with van der Waals surface area (Å²) in [5.74, 6) is 0.376. The molecule has 1 aromatic rings. The molecule has 6 heteroatoms. The van der Waals surface area contributed by atoms with Crippen molar-refractivity contribution in [1.82, 2.24) is 4.31 Å². The van der Waals surface area contributed by atoms with Gasteiger partial charge in [-0.3, -0.25) is 0 Å². The first kappa shape index (κ1) is 16.4. The maximum atomic E-state index is 12.4. The fourth-order valence-corrected chi connectivity index (χ4v) is 4.39. The smallest absolute Gasteiger partial charge is 0.218 e. The lowest BCUT2D eigenvalue weighted by atomic mass is 10.1. The van der Waals surface area contributed by atoms with Gasteiger partial charge in [0.15, 0.2) is 0 Å². The average molecular weight is 305 g/mol. The van der Waals surface area contributed by atoms with E-state index in [1.165, 1.54) is 0 Å². The van der Waals surface area contributed by atoms with E-state index in [0.29, 0.717) is 19.0 Å². The minimum Gasteiger partial charge on any atom is -0.330 e. The van der Waals surface area contributed by atoms with E-state index >= 15 is 0 Å². The third-order valence-electron chi connectivity index (χ3n) is 3.49. The van der Waals surface area contributed by atoms with Gasteiger partial charge in [-0.2, -0.15) is 4.31 Å². The molecule has 1 aliphatic rings. The molecule has 0 aromatic heterocycles. The number of hydrogen-bond donors (Lipinski definition) is 1. The second-order valence-electron chi connectivity index (χ2n) is 5.00. The van der Waals surface area contributed by atoms with Crippen molar-refractivity contribution in [2.24, 2.45) is 11.7 Å². The van der Waals surface area contributed by atoms with Crippen molar-refractivity contribution >= 4 is 22.4 Å². The number of rotatable bonds is 4. The van der Waals surface area contributed by atoms with Crippen LogP contribution in [0.3, 0.4) is 0 Å². The molecule has 108 valence electrons. The van der Waals surface area contributed by atoms with E-state index in [1.807, 2.05) is 37.3 Å². The van der Waals surface area contributed by atoms with Gasteiger partial charge < -0.3 is 5.73 Å². The Morgan fingerprint density at radius 1 is 1.32 bits per heavy atom. The Bertz CT molecular complexity index is 493. The zero-order valence-corrected chi connectivity index (χ0v) is 12.7. The van der Waals surface area contributed by atoms with Gasteiger partial charge in [-0.1, -0.05) is 30.3 Å². The van der Waals surface area contributed by atoms with Gasteiger partial charge in [0.05, 0.1) is 5.75 Å². The zero-order chi connectivity index (χ0) is 13.2. The Balaban J connectivity index is 0.00000180. The lowest BCUT2D eigenvalue weighted by Crippen LogP contribution is -2.35. The van der Waals surface area contributed by atoms with Gasteiger partial charge in [0.25, 0.3) is 0 Å². The van der Waals surface area contributed by atoms with Crippen LogP contribution in [0.4, 0.5) is 0 Å². The standard InChI is InChI=1S/C13H20N2O2S.ClH/c1-11-7-13(8-14)9-15(11)18(16,17)10-12-5-3-2-4-6-12;/h2-6,11,13H,7-10,14H2,1H3;1H. The largest absolute Gasteiger partial charge is 0.330 e. The SMILES string of the molecule is CC1CC(CN)CN1S(=O)(=O)Cc1ccccc1.Cl. The predicted octanol–water partition coefficient (Wildman–Crippen LogP) is 1.61. The number of nitrogens with two attached hydrogens (primary N) is 1. The second-order valence-corrected chi connectivity index (χ2v) is 6.92. The molecule has 19 heavy (non-hydrogen) atoms. The fourth-order valence-electron chi connectivity index (χ4n) is 2.54. The molecule has 0 saturated carbocycles. The van der Waals surface area contributed by atoms with Crippen molar-refractivity contribution in [2.75, 3.05) is 13.1 Å². The Hall–Kier alpha value is -0.620. The Morgan fingerprint density at radius 3 is 2.47 bits per heavy atom. The molecule has 0 spiro atoms. The first-order valence-corrected chi connectivity index (χ1v) is 7.87. The highest BCUT2D eigenvalue weighted by molar-refractivity contribution is 7.88. The summed E-state index contributed by atoms with van der Waals surface area (Å²) in [6, 6.07) is 9.37. The molecule has 2 unspecified atom stereocenters. The third kappa shape index (κ3) is 3.92.